The smallest absolute Gasteiger partial charge is 0.119 e. The van der Waals surface area contributed by atoms with Crippen molar-refractivity contribution in [1.29, 1.82) is 0 Å². The molecule has 0 amide bonds. The number of hydrogen-bond acceptors (Lipinski definition) is 3. The summed E-state index contributed by atoms with van der Waals surface area (Å²) in [6, 6.07) is 8.48. The predicted molar refractivity (Wildman–Crippen MR) is 80.1 cm³/mol. The molecule has 1 N–H and O–H groups in total. The fourth-order valence-corrected chi connectivity index (χ4v) is 4.22. The van der Waals surface area contributed by atoms with E-state index < -0.39 is 0 Å². The van der Waals surface area contributed by atoms with Crippen LogP contribution in [0.2, 0.25) is 0 Å². The average molecular weight is 275 g/mol. The molecule has 1 aromatic rings. The third kappa shape index (κ3) is 2.33. The second-order valence-electron chi connectivity index (χ2n) is 6.53. The first-order chi connectivity index (χ1) is 9.64. The van der Waals surface area contributed by atoms with E-state index in [-0.39, 0.29) is 11.5 Å². The Labute approximate surface area is 121 Å². The van der Waals surface area contributed by atoms with Gasteiger partial charge in [0.05, 0.1) is 13.2 Å². The number of fused-ring (bicyclic) bond motifs is 1. The van der Waals surface area contributed by atoms with Gasteiger partial charge in [-0.15, -0.1) is 0 Å². The number of likely N-dealkylation sites (tertiary alicyclic amines) is 1. The minimum absolute atomic E-state index is 0.138. The van der Waals surface area contributed by atoms with Crippen LogP contribution in [-0.4, -0.2) is 43.4 Å². The summed E-state index contributed by atoms with van der Waals surface area (Å²) in [5.74, 6) is 1.58. The lowest BCUT2D eigenvalue weighted by atomic mass is 9.58. The molecule has 2 aliphatic rings. The fraction of sp³-hybridized carbons (Fsp3) is 0.647. The van der Waals surface area contributed by atoms with Gasteiger partial charge < -0.3 is 14.7 Å². The predicted octanol–water partition coefficient (Wildman–Crippen LogP) is 2.43. The van der Waals surface area contributed by atoms with Crippen LogP contribution in [0.3, 0.4) is 0 Å². The third-order valence-corrected chi connectivity index (χ3v) is 5.35. The maximum absolute atomic E-state index is 10.2. The molecule has 110 valence electrons. The molecule has 3 heteroatoms. The average Bonchev–Trinajstić information content (AvgIpc) is 2.47. The second-order valence-corrected chi connectivity index (χ2v) is 6.53. The number of rotatable bonds is 2. The van der Waals surface area contributed by atoms with Crippen molar-refractivity contribution in [2.75, 3.05) is 27.2 Å². The van der Waals surface area contributed by atoms with Crippen LogP contribution in [0.25, 0.3) is 0 Å². The van der Waals surface area contributed by atoms with Crippen LogP contribution in [0.4, 0.5) is 0 Å². The molecule has 0 bridgehead atoms. The van der Waals surface area contributed by atoms with Gasteiger partial charge in [0.2, 0.25) is 0 Å². The van der Waals surface area contributed by atoms with E-state index in [2.05, 4.69) is 30.1 Å². The molecule has 0 radical (unpaired) electrons. The Kier molecular flexibility index (Phi) is 3.74. The van der Waals surface area contributed by atoms with Crippen molar-refractivity contribution in [1.82, 2.24) is 4.90 Å². The van der Waals surface area contributed by atoms with Gasteiger partial charge in [0.1, 0.15) is 5.75 Å². The van der Waals surface area contributed by atoms with Gasteiger partial charge in [0, 0.05) is 12.0 Å². The Morgan fingerprint density at radius 1 is 1.35 bits per heavy atom. The number of piperidine rings is 1. The van der Waals surface area contributed by atoms with Crippen molar-refractivity contribution in [2.45, 2.75) is 37.2 Å². The summed E-state index contributed by atoms with van der Waals surface area (Å²) >= 11 is 0. The molecular weight excluding hydrogens is 250 g/mol. The first-order valence-corrected chi connectivity index (χ1v) is 7.65. The van der Waals surface area contributed by atoms with E-state index >= 15 is 0 Å². The van der Waals surface area contributed by atoms with Crippen molar-refractivity contribution < 1.29 is 9.84 Å². The van der Waals surface area contributed by atoms with Crippen LogP contribution in [-0.2, 0) is 5.41 Å². The highest BCUT2D eigenvalue weighted by Gasteiger charge is 2.47. The van der Waals surface area contributed by atoms with Crippen LogP contribution in [0.15, 0.2) is 24.3 Å². The summed E-state index contributed by atoms with van der Waals surface area (Å²) in [6.45, 7) is 2.25. The Morgan fingerprint density at radius 2 is 2.20 bits per heavy atom. The van der Waals surface area contributed by atoms with Gasteiger partial charge in [-0.25, -0.2) is 0 Å². The molecule has 3 atom stereocenters. The van der Waals surface area contributed by atoms with E-state index in [0.29, 0.717) is 5.92 Å². The zero-order valence-electron chi connectivity index (χ0n) is 12.5. The number of aliphatic hydroxyl groups excluding tert-OH is 1. The van der Waals surface area contributed by atoms with E-state index in [1.807, 2.05) is 6.07 Å². The van der Waals surface area contributed by atoms with Gasteiger partial charge in [-0.3, -0.25) is 0 Å². The summed E-state index contributed by atoms with van der Waals surface area (Å²) in [4.78, 5) is 2.43. The zero-order valence-corrected chi connectivity index (χ0v) is 12.5. The summed E-state index contributed by atoms with van der Waals surface area (Å²) in [5.41, 5.74) is 1.49. The molecule has 1 aliphatic carbocycles. The van der Waals surface area contributed by atoms with E-state index in [9.17, 15) is 5.11 Å². The second kappa shape index (κ2) is 5.38. The van der Waals surface area contributed by atoms with Crippen molar-refractivity contribution in [3.63, 3.8) is 0 Å². The minimum atomic E-state index is -0.152. The van der Waals surface area contributed by atoms with Gasteiger partial charge in [0.25, 0.3) is 0 Å². The standard InChI is InChI=1S/C17H25NO2/c1-18-9-8-17(11-15(19)7-6-14(17)12-18)13-4-3-5-16(10-13)20-2/h3-5,10,14-15,19H,6-9,11-12H2,1-2H3/t14-,15-,17+/m1/s1. The van der Waals surface area contributed by atoms with Gasteiger partial charge >= 0.3 is 0 Å². The lowest BCUT2D eigenvalue weighted by molar-refractivity contribution is 0.00288. The molecule has 0 aromatic heterocycles. The maximum atomic E-state index is 10.2. The number of benzene rings is 1. The normalized spacial score (nSPS) is 34.5. The number of aliphatic hydroxyl groups is 1. The molecule has 0 unspecified atom stereocenters. The third-order valence-electron chi connectivity index (χ3n) is 5.35. The molecule has 3 rings (SSSR count). The van der Waals surface area contributed by atoms with Crippen molar-refractivity contribution in [2.24, 2.45) is 5.92 Å². The highest BCUT2D eigenvalue weighted by atomic mass is 16.5. The van der Waals surface area contributed by atoms with Crippen molar-refractivity contribution in [3.8, 4) is 5.75 Å². The van der Waals surface area contributed by atoms with Crippen LogP contribution < -0.4 is 4.74 Å². The first kappa shape index (κ1) is 13.9. The molecule has 20 heavy (non-hydrogen) atoms. The van der Waals surface area contributed by atoms with Crippen molar-refractivity contribution >= 4 is 0 Å². The molecule has 1 saturated carbocycles. The lowest BCUT2D eigenvalue weighted by Crippen LogP contribution is -2.52. The number of ether oxygens (including phenoxy) is 1. The van der Waals surface area contributed by atoms with Crippen LogP contribution >= 0.6 is 0 Å². The Bertz CT molecular complexity index is 476. The Morgan fingerprint density at radius 3 is 3.00 bits per heavy atom. The molecule has 2 fully saturated rings. The number of hydrogen-bond donors (Lipinski definition) is 1. The van der Waals surface area contributed by atoms with E-state index in [0.717, 1.165) is 44.5 Å². The van der Waals surface area contributed by atoms with Gasteiger partial charge in [-0.2, -0.15) is 0 Å². The molecule has 1 saturated heterocycles. The molecule has 1 aliphatic heterocycles. The lowest BCUT2D eigenvalue weighted by Gasteiger charge is -2.51. The van der Waals surface area contributed by atoms with Gasteiger partial charge in [-0.05, 0) is 62.9 Å². The summed E-state index contributed by atoms with van der Waals surface area (Å²) in [5, 5.41) is 10.2. The molecule has 1 aromatic carbocycles. The van der Waals surface area contributed by atoms with Crippen LogP contribution in [0.5, 0.6) is 5.75 Å². The Balaban J connectivity index is 1.99. The summed E-state index contributed by atoms with van der Waals surface area (Å²) in [7, 11) is 3.93. The first-order valence-electron chi connectivity index (χ1n) is 7.65. The topological polar surface area (TPSA) is 32.7 Å². The number of methoxy groups -OCH3 is 1. The van der Waals surface area contributed by atoms with Crippen LogP contribution in [0.1, 0.15) is 31.2 Å². The highest BCUT2D eigenvalue weighted by Crippen LogP contribution is 2.49. The molecule has 0 spiro atoms. The quantitative estimate of drug-likeness (QED) is 0.900. The van der Waals surface area contributed by atoms with Crippen LogP contribution in [0, 0.1) is 5.92 Å². The van der Waals surface area contributed by atoms with E-state index in [4.69, 9.17) is 4.74 Å². The maximum Gasteiger partial charge on any atom is 0.119 e. The Hall–Kier alpha value is -1.06. The highest BCUT2D eigenvalue weighted by molar-refractivity contribution is 5.36. The van der Waals surface area contributed by atoms with Gasteiger partial charge in [0.15, 0.2) is 0 Å². The summed E-state index contributed by atoms with van der Waals surface area (Å²) < 4.78 is 5.40. The molecular formula is C17H25NO2. The molecule has 1 heterocycles. The van der Waals surface area contributed by atoms with E-state index in [1.54, 1.807) is 7.11 Å². The minimum Gasteiger partial charge on any atom is -0.497 e. The monoisotopic (exact) mass is 275 g/mol. The zero-order chi connectivity index (χ0) is 14.2. The fourth-order valence-electron chi connectivity index (χ4n) is 4.22. The number of nitrogens with zero attached hydrogens (tertiary/aromatic N) is 1. The SMILES string of the molecule is COc1cccc([C@@]23CCN(C)C[C@H]2CC[C@@H](O)C3)c1. The molecule has 3 nitrogen and oxygen atoms in total. The summed E-state index contributed by atoms with van der Waals surface area (Å²) in [6.07, 6.45) is 3.96. The largest absolute Gasteiger partial charge is 0.497 e. The van der Waals surface area contributed by atoms with E-state index in [1.165, 1.54) is 5.56 Å². The van der Waals surface area contributed by atoms with Gasteiger partial charge in [-0.1, -0.05) is 12.1 Å². The van der Waals surface area contributed by atoms with Crippen molar-refractivity contribution in [3.05, 3.63) is 29.8 Å².